The third kappa shape index (κ3) is 1.41. The van der Waals surface area contributed by atoms with E-state index < -0.39 is 15.8 Å². The van der Waals surface area contributed by atoms with Crippen molar-refractivity contribution < 1.29 is 12.8 Å². The molecule has 4 nitrogen and oxygen atoms in total. The molecular formula is C10H11FN2O2S. The van der Waals surface area contributed by atoms with Crippen LogP contribution >= 0.6 is 0 Å². The zero-order chi connectivity index (χ0) is 11.3. The van der Waals surface area contributed by atoms with Gasteiger partial charge in [-0.15, -0.1) is 0 Å². The molecule has 0 spiro atoms. The highest BCUT2D eigenvalue weighted by Crippen LogP contribution is 2.37. The van der Waals surface area contributed by atoms with Gasteiger partial charge in [-0.1, -0.05) is 6.07 Å². The van der Waals surface area contributed by atoms with Crippen LogP contribution in [0.5, 0.6) is 0 Å². The number of hydrogen-bond donors (Lipinski definition) is 1. The van der Waals surface area contributed by atoms with Crippen molar-refractivity contribution in [1.82, 2.24) is 4.72 Å². The Morgan fingerprint density at radius 3 is 2.81 bits per heavy atom. The molecule has 1 heterocycles. The van der Waals surface area contributed by atoms with Gasteiger partial charge < -0.3 is 4.90 Å². The van der Waals surface area contributed by atoms with Crippen LogP contribution in [0.15, 0.2) is 23.1 Å². The molecule has 1 aliphatic carbocycles. The Bertz CT molecular complexity index is 540. The topological polar surface area (TPSA) is 49.4 Å². The second-order valence-electron chi connectivity index (χ2n) is 4.09. The molecule has 1 aromatic carbocycles. The van der Waals surface area contributed by atoms with Crippen LogP contribution in [0, 0.1) is 5.82 Å². The van der Waals surface area contributed by atoms with E-state index in [9.17, 15) is 12.8 Å². The number of nitrogens with one attached hydrogen (secondary N) is 1. The summed E-state index contributed by atoms with van der Waals surface area (Å²) in [5.41, 5.74) is 0.487. The predicted molar refractivity (Wildman–Crippen MR) is 57.1 cm³/mol. The summed E-state index contributed by atoms with van der Waals surface area (Å²) >= 11 is 0. The average molecular weight is 242 g/mol. The van der Waals surface area contributed by atoms with Crippen LogP contribution in [0.4, 0.5) is 10.1 Å². The first-order chi connectivity index (χ1) is 7.59. The molecule has 0 saturated heterocycles. The molecule has 0 bridgehead atoms. The van der Waals surface area contributed by atoms with Gasteiger partial charge in [0.25, 0.3) is 0 Å². The molecule has 86 valence electrons. The van der Waals surface area contributed by atoms with Crippen LogP contribution in [0.3, 0.4) is 0 Å². The number of rotatable bonds is 1. The van der Waals surface area contributed by atoms with Crippen LogP contribution in [-0.2, 0) is 10.0 Å². The zero-order valence-electron chi connectivity index (χ0n) is 8.48. The van der Waals surface area contributed by atoms with Gasteiger partial charge in [-0.3, -0.25) is 0 Å². The first-order valence-electron chi connectivity index (χ1n) is 5.14. The number of fused-ring (bicyclic) bond motifs is 1. The molecule has 0 unspecified atom stereocenters. The molecule has 1 saturated carbocycles. The van der Waals surface area contributed by atoms with Gasteiger partial charge in [0, 0.05) is 6.04 Å². The van der Waals surface area contributed by atoms with E-state index in [1.807, 2.05) is 4.90 Å². The van der Waals surface area contributed by atoms with Crippen molar-refractivity contribution >= 4 is 15.7 Å². The lowest BCUT2D eigenvalue weighted by Gasteiger charge is -2.31. The Labute approximate surface area is 93.1 Å². The third-order valence-electron chi connectivity index (χ3n) is 2.94. The normalized spacial score (nSPS) is 22.9. The van der Waals surface area contributed by atoms with Crippen molar-refractivity contribution in [2.45, 2.75) is 23.8 Å². The van der Waals surface area contributed by atoms with Crippen molar-refractivity contribution in [3.05, 3.63) is 24.0 Å². The number of halogens is 1. The molecule has 0 aromatic heterocycles. The molecule has 2 aliphatic rings. The maximum absolute atomic E-state index is 13.6. The van der Waals surface area contributed by atoms with E-state index in [1.54, 1.807) is 12.1 Å². The van der Waals surface area contributed by atoms with Crippen LogP contribution in [-0.4, -0.2) is 21.1 Å². The fraction of sp³-hybridized carbons (Fsp3) is 0.400. The molecular weight excluding hydrogens is 231 g/mol. The minimum Gasteiger partial charge on any atom is -0.354 e. The van der Waals surface area contributed by atoms with Crippen LogP contribution in [0.25, 0.3) is 0 Å². The Morgan fingerprint density at radius 1 is 1.38 bits per heavy atom. The standard InChI is InChI=1S/C10H11FN2O2S/c11-8-2-1-3-9-10(8)16(14,15)12-6-13(9)7-4-5-7/h1-3,7,12H,4-6H2. The predicted octanol–water partition coefficient (Wildman–Crippen LogP) is 1.04. The largest absolute Gasteiger partial charge is 0.354 e. The Balaban J connectivity index is 2.21. The quantitative estimate of drug-likeness (QED) is 0.800. The van der Waals surface area contributed by atoms with Gasteiger partial charge in [0.1, 0.15) is 10.7 Å². The van der Waals surface area contributed by atoms with E-state index in [0.717, 1.165) is 12.8 Å². The fourth-order valence-corrected chi connectivity index (χ4v) is 3.25. The van der Waals surface area contributed by atoms with E-state index in [1.165, 1.54) is 6.07 Å². The number of benzene rings is 1. The molecule has 3 rings (SSSR count). The summed E-state index contributed by atoms with van der Waals surface area (Å²) in [5.74, 6) is -0.685. The highest BCUT2D eigenvalue weighted by Gasteiger charge is 2.37. The van der Waals surface area contributed by atoms with Crippen molar-refractivity contribution in [3.63, 3.8) is 0 Å². The van der Waals surface area contributed by atoms with Crippen LogP contribution in [0.2, 0.25) is 0 Å². The summed E-state index contributed by atoms with van der Waals surface area (Å²) in [5, 5.41) is 0. The summed E-state index contributed by atoms with van der Waals surface area (Å²) in [7, 11) is -3.68. The second kappa shape index (κ2) is 3.18. The number of hydrogen-bond acceptors (Lipinski definition) is 3. The zero-order valence-corrected chi connectivity index (χ0v) is 9.30. The maximum Gasteiger partial charge on any atom is 0.247 e. The summed E-state index contributed by atoms with van der Waals surface area (Å²) in [4.78, 5) is 1.70. The Morgan fingerprint density at radius 2 is 2.12 bits per heavy atom. The van der Waals surface area contributed by atoms with Gasteiger partial charge in [-0.25, -0.2) is 12.8 Å². The van der Waals surface area contributed by atoms with Crippen molar-refractivity contribution in [1.29, 1.82) is 0 Å². The van der Waals surface area contributed by atoms with Gasteiger partial charge in [0.2, 0.25) is 10.0 Å². The SMILES string of the molecule is O=S1(=O)NCN(C2CC2)c2cccc(F)c21. The average Bonchev–Trinajstić information content (AvgIpc) is 3.01. The third-order valence-corrected chi connectivity index (χ3v) is 4.39. The highest BCUT2D eigenvalue weighted by molar-refractivity contribution is 7.89. The van der Waals surface area contributed by atoms with Crippen molar-refractivity contribution in [3.8, 4) is 0 Å². The Hall–Kier alpha value is -1.14. The van der Waals surface area contributed by atoms with E-state index >= 15 is 0 Å². The molecule has 1 aromatic rings. The van der Waals surface area contributed by atoms with Gasteiger partial charge in [0.05, 0.1) is 12.4 Å². The monoisotopic (exact) mass is 242 g/mol. The van der Waals surface area contributed by atoms with Crippen molar-refractivity contribution in [2.24, 2.45) is 0 Å². The minimum absolute atomic E-state index is 0.215. The lowest BCUT2D eigenvalue weighted by Crippen LogP contribution is -2.44. The second-order valence-corrected chi connectivity index (χ2v) is 5.80. The van der Waals surface area contributed by atoms with Gasteiger partial charge in [0.15, 0.2) is 0 Å². The lowest BCUT2D eigenvalue weighted by atomic mass is 10.2. The summed E-state index contributed by atoms with van der Waals surface area (Å²) in [6.45, 7) is 0.240. The fourth-order valence-electron chi connectivity index (χ4n) is 2.01. The first-order valence-corrected chi connectivity index (χ1v) is 6.63. The van der Waals surface area contributed by atoms with E-state index in [2.05, 4.69) is 4.72 Å². The van der Waals surface area contributed by atoms with Crippen LogP contribution in [0.1, 0.15) is 12.8 Å². The molecule has 1 aliphatic heterocycles. The van der Waals surface area contributed by atoms with Crippen molar-refractivity contribution in [2.75, 3.05) is 11.6 Å². The van der Waals surface area contributed by atoms with Gasteiger partial charge in [-0.05, 0) is 25.0 Å². The minimum atomic E-state index is -3.68. The number of nitrogens with zero attached hydrogens (tertiary/aromatic N) is 1. The molecule has 0 radical (unpaired) electrons. The summed E-state index contributed by atoms with van der Waals surface area (Å²) in [6.07, 6.45) is 2.08. The highest BCUT2D eigenvalue weighted by atomic mass is 32.2. The smallest absolute Gasteiger partial charge is 0.247 e. The van der Waals surface area contributed by atoms with E-state index in [0.29, 0.717) is 11.7 Å². The number of sulfonamides is 1. The Kier molecular flexibility index (Phi) is 1.99. The molecule has 16 heavy (non-hydrogen) atoms. The summed E-state index contributed by atoms with van der Waals surface area (Å²) in [6, 6.07) is 4.73. The van der Waals surface area contributed by atoms with Gasteiger partial charge in [-0.2, -0.15) is 4.72 Å². The van der Waals surface area contributed by atoms with Crippen LogP contribution < -0.4 is 9.62 Å². The molecule has 6 heteroatoms. The lowest BCUT2D eigenvalue weighted by molar-refractivity contribution is 0.543. The molecule has 0 amide bonds. The summed E-state index contributed by atoms with van der Waals surface area (Å²) < 4.78 is 39.4. The van der Waals surface area contributed by atoms with Gasteiger partial charge >= 0.3 is 0 Å². The van der Waals surface area contributed by atoms with E-state index in [-0.39, 0.29) is 11.6 Å². The molecule has 1 fully saturated rings. The molecule has 0 atom stereocenters. The number of anilines is 1. The first kappa shape index (κ1) is 10.0. The molecule has 1 N–H and O–H groups in total. The van der Waals surface area contributed by atoms with E-state index in [4.69, 9.17) is 0 Å². The maximum atomic E-state index is 13.6.